The lowest BCUT2D eigenvalue weighted by atomic mass is 10.5. The second-order valence-electron chi connectivity index (χ2n) is 3.79. The molecule has 0 radical (unpaired) electrons. The molecule has 98 valence electrons. The topological polar surface area (TPSA) is 91.4 Å². The summed E-state index contributed by atoms with van der Waals surface area (Å²) in [5.74, 6) is 0. The third-order valence-corrected chi connectivity index (χ3v) is 2.38. The maximum atomic E-state index is 5.30. The highest BCUT2D eigenvalue weighted by Crippen LogP contribution is 2.18. The van der Waals surface area contributed by atoms with Crippen LogP contribution in [0.25, 0.3) is 0 Å². The van der Waals surface area contributed by atoms with Crippen molar-refractivity contribution in [3.05, 3.63) is 0 Å². The molecule has 1 aromatic rings. The Balaban J connectivity index is 1.63. The molecule has 2 aliphatic rings. The van der Waals surface area contributed by atoms with Crippen LogP contribution in [0.2, 0.25) is 0 Å². The number of epoxide rings is 2. The number of hydrogen-bond acceptors (Lipinski definition) is 8. The molecule has 3 heterocycles. The SMILES string of the molecule is ClOc1nc(OCC2CO2)nc(OCC2CO2)n1. The van der Waals surface area contributed by atoms with Crippen LogP contribution in [0.3, 0.4) is 0 Å². The van der Waals surface area contributed by atoms with E-state index in [0.29, 0.717) is 26.4 Å². The highest BCUT2D eigenvalue weighted by Gasteiger charge is 2.25. The van der Waals surface area contributed by atoms with E-state index < -0.39 is 0 Å². The van der Waals surface area contributed by atoms with Crippen molar-refractivity contribution in [2.24, 2.45) is 0 Å². The van der Waals surface area contributed by atoms with Crippen LogP contribution in [0.4, 0.5) is 0 Å². The van der Waals surface area contributed by atoms with Crippen molar-refractivity contribution in [2.75, 3.05) is 26.4 Å². The summed E-state index contributed by atoms with van der Waals surface area (Å²) < 4.78 is 25.0. The van der Waals surface area contributed by atoms with E-state index in [9.17, 15) is 0 Å². The van der Waals surface area contributed by atoms with Gasteiger partial charge in [-0.2, -0.15) is 0 Å². The molecule has 0 saturated carbocycles. The zero-order valence-corrected chi connectivity index (χ0v) is 10.00. The Kier molecular flexibility index (Phi) is 3.31. The Morgan fingerprint density at radius 1 is 0.944 bits per heavy atom. The van der Waals surface area contributed by atoms with E-state index in [1.54, 1.807) is 0 Å². The Bertz CT molecular complexity index is 392. The second-order valence-corrected chi connectivity index (χ2v) is 3.95. The molecular formula is C9H10ClN3O5. The first-order valence-electron chi connectivity index (χ1n) is 5.37. The highest BCUT2D eigenvalue weighted by molar-refractivity contribution is 6.08. The second kappa shape index (κ2) is 5.09. The maximum Gasteiger partial charge on any atom is 0.344 e. The van der Waals surface area contributed by atoms with Crippen LogP contribution in [-0.4, -0.2) is 53.6 Å². The molecule has 3 rings (SSSR count). The van der Waals surface area contributed by atoms with Gasteiger partial charge in [0.15, 0.2) is 0 Å². The average Bonchev–Trinajstić information content (AvgIpc) is 3.28. The van der Waals surface area contributed by atoms with Gasteiger partial charge in [-0.05, 0) is 0 Å². The van der Waals surface area contributed by atoms with Gasteiger partial charge in [-0.15, -0.1) is 15.0 Å². The smallest absolute Gasteiger partial charge is 0.344 e. The van der Waals surface area contributed by atoms with Crippen LogP contribution < -0.4 is 13.8 Å². The van der Waals surface area contributed by atoms with Crippen molar-refractivity contribution in [3.63, 3.8) is 0 Å². The van der Waals surface area contributed by atoms with Gasteiger partial charge >= 0.3 is 18.0 Å². The van der Waals surface area contributed by atoms with Crippen LogP contribution in [0.15, 0.2) is 0 Å². The number of ether oxygens (including phenoxy) is 4. The summed E-state index contributed by atoms with van der Waals surface area (Å²) in [6, 6.07) is 0.0934. The highest BCUT2D eigenvalue weighted by atomic mass is 35.5. The fourth-order valence-corrected chi connectivity index (χ4v) is 1.22. The Morgan fingerprint density at radius 2 is 1.39 bits per heavy atom. The molecule has 0 N–H and O–H groups in total. The molecule has 2 unspecified atom stereocenters. The quantitative estimate of drug-likeness (QED) is 0.640. The minimum Gasteiger partial charge on any atom is -0.460 e. The number of aromatic nitrogens is 3. The number of nitrogens with zero attached hydrogens (tertiary/aromatic N) is 3. The van der Waals surface area contributed by atoms with Crippen LogP contribution in [0.5, 0.6) is 18.0 Å². The number of hydrogen-bond donors (Lipinski definition) is 0. The molecule has 2 atom stereocenters. The summed E-state index contributed by atoms with van der Waals surface area (Å²) in [5, 5.41) is 0. The fraction of sp³-hybridized carbons (Fsp3) is 0.667. The van der Waals surface area contributed by atoms with Gasteiger partial charge in [0.05, 0.1) is 13.2 Å². The minimum atomic E-state index is -0.0786. The van der Waals surface area contributed by atoms with Crippen molar-refractivity contribution in [1.29, 1.82) is 0 Å². The molecule has 0 aliphatic carbocycles. The molecule has 18 heavy (non-hydrogen) atoms. The molecule has 8 nitrogen and oxygen atoms in total. The zero-order valence-electron chi connectivity index (χ0n) is 9.24. The van der Waals surface area contributed by atoms with E-state index in [4.69, 9.17) is 30.8 Å². The normalized spacial score (nSPS) is 24.5. The molecule has 0 spiro atoms. The molecule has 9 heteroatoms. The van der Waals surface area contributed by atoms with Gasteiger partial charge in [-0.3, -0.25) is 0 Å². The van der Waals surface area contributed by atoms with Gasteiger partial charge in [0.25, 0.3) is 0 Å². The number of halogens is 1. The Labute approximate surface area is 107 Å². The molecule has 0 amide bonds. The first-order valence-corrected chi connectivity index (χ1v) is 5.68. The molecule has 2 aliphatic heterocycles. The minimum absolute atomic E-state index is 0.0786. The third kappa shape index (κ3) is 3.31. The fourth-order valence-electron chi connectivity index (χ4n) is 1.15. The molecule has 0 aromatic carbocycles. The predicted octanol–water partition coefficient (Wildman–Crippen LogP) is -0.0406. The lowest BCUT2D eigenvalue weighted by molar-refractivity contribution is 0.221. The van der Waals surface area contributed by atoms with Crippen LogP contribution in [-0.2, 0) is 9.47 Å². The van der Waals surface area contributed by atoms with Crippen LogP contribution in [0.1, 0.15) is 0 Å². The average molecular weight is 276 g/mol. The van der Waals surface area contributed by atoms with E-state index in [0.717, 1.165) is 0 Å². The monoisotopic (exact) mass is 275 g/mol. The lowest BCUT2D eigenvalue weighted by Gasteiger charge is -2.06. The summed E-state index contributed by atoms with van der Waals surface area (Å²) in [5.41, 5.74) is 0. The molecule has 2 fully saturated rings. The molecule has 0 bridgehead atoms. The van der Waals surface area contributed by atoms with Crippen molar-refractivity contribution >= 4 is 11.9 Å². The Hall–Kier alpha value is -1.38. The predicted molar refractivity (Wildman–Crippen MR) is 56.8 cm³/mol. The van der Waals surface area contributed by atoms with Crippen molar-refractivity contribution in [1.82, 2.24) is 15.0 Å². The van der Waals surface area contributed by atoms with Crippen molar-refractivity contribution in [2.45, 2.75) is 12.2 Å². The van der Waals surface area contributed by atoms with Gasteiger partial charge in [0.1, 0.15) is 37.3 Å². The summed E-state index contributed by atoms with van der Waals surface area (Å²) >= 11 is 5.21. The van der Waals surface area contributed by atoms with Gasteiger partial charge in [0, 0.05) is 0 Å². The van der Waals surface area contributed by atoms with E-state index in [1.807, 2.05) is 0 Å². The Morgan fingerprint density at radius 3 is 1.78 bits per heavy atom. The summed E-state index contributed by atoms with van der Waals surface area (Å²) in [7, 11) is 0. The third-order valence-electron chi connectivity index (χ3n) is 2.24. The number of rotatable bonds is 7. The maximum absolute atomic E-state index is 5.30. The van der Waals surface area contributed by atoms with Gasteiger partial charge in [0.2, 0.25) is 0 Å². The lowest BCUT2D eigenvalue weighted by Crippen LogP contribution is -2.11. The van der Waals surface area contributed by atoms with E-state index in [1.165, 1.54) is 0 Å². The van der Waals surface area contributed by atoms with Crippen LogP contribution >= 0.6 is 11.9 Å². The molecule has 1 aromatic heterocycles. The first-order chi connectivity index (χ1) is 8.83. The van der Waals surface area contributed by atoms with E-state index in [-0.39, 0.29) is 30.2 Å². The standard InChI is InChI=1S/C9H10ClN3O5/c10-18-9-12-7(16-3-5-1-14-5)11-8(13-9)17-4-6-2-15-6/h5-6H,1-4H2. The summed E-state index contributed by atoms with van der Waals surface area (Å²) in [6.45, 7) is 2.12. The van der Waals surface area contributed by atoms with Crippen LogP contribution in [0, 0.1) is 0 Å². The van der Waals surface area contributed by atoms with E-state index in [2.05, 4.69) is 19.2 Å². The van der Waals surface area contributed by atoms with Crippen molar-refractivity contribution in [3.8, 4) is 18.0 Å². The largest absolute Gasteiger partial charge is 0.460 e. The summed E-state index contributed by atoms with van der Waals surface area (Å²) in [6.07, 6.45) is 0.206. The first kappa shape index (κ1) is 11.7. The molecular weight excluding hydrogens is 266 g/mol. The van der Waals surface area contributed by atoms with E-state index >= 15 is 0 Å². The van der Waals surface area contributed by atoms with Crippen molar-refractivity contribution < 1.29 is 23.2 Å². The van der Waals surface area contributed by atoms with Gasteiger partial charge < -0.3 is 23.2 Å². The molecule has 2 saturated heterocycles. The summed E-state index contributed by atoms with van der Waals surface area (Å²) in [4.78, 5) is 11.6. The zero-order chi connectivity index (χ0) is 12.4. The van der Waals surface area contributed by atoms with Gasteiger partial charge in [-0.25, -0.2) is 0 Å². The van der Waals surface area contributed by atoms with Gasteiger partial charge in [-0.1, -0.05) is 0 Å².